The van der Waals surface area contributed by atoms with E-state index in [0.29, 0.717) is 18.5 Å². The molecule has 0 spiro atoms. The van der Waals surface area contributed by atoms with E-state index in [9.17, 15) is 4.79 Å². The van der Waals surface area contributed by atoms with Gasteiger partial charge < -0.3 is 4.90 Å². The number of thiophene rings is 1. The van der Waals surface area contributed by atoms with Crippen LogP contribution in [-0.4, -0.2) is 16.8 Å². The first kappa shape index (κ1) is 15.3. The number of hydrogen-bond acceptors (Lipinski definition) is 3. The summed E-state index contributed by atoms with van der Waals surface area (Å²) < 4.78 is 0. The molecule has 0 bridgehead atoms. The van der Waals surface area contributed by atoms with Crippen molar-refractivity contribution in [1.82, 2.24) is 4.90 Å². The van der Waals surface area contributed by atoms with Gasteiger partial charge >= 0.3 is 0 Å². The Morgan fingerprint density at radius 2 is 2.00 bits per heavy atom. The van der Waals surface area contributed by atoms with E-state index in [-0.39, 0.29) is 11.9 Å². The van der Waals surface area contributed by atoms with E-state index in [0.717, 1.165) is 5.56 Å². The zero-order chi connectivity index (χ0) is 15.2. The van der Waals surface area contributed by atoms with Crippen LogP contribution in [0.2, 0.25) is 0 Å². The molecule has 0 saturated heterocycles. The molecule has 0 atom stereocenters. The molecular formula is C17H18N2OS. The van der Waals surface area contributed by atoms with Crippen LogP contribution in [0, 0.1) is 11.3 Å². The summed E-state index contributed by atoms with van der Waals surface area (Å²) in [6.07, 6.45) is 0.370. The molecular weight excluding hydrogens is 280 g/mol. The van der Waals surface area contributed by atoms with E-state index in [1.54, 1.807) is 23.5 Å². The summed E-state index contributed by atoms with van der Waals surface area (Å²) in [7, 11) is 0. The molecule has 0 N–H and O–H groups in total. The molecule has 108 valence electrons. The second kappa shape index (κ2) is 7.05. The quantitative estimate of drug-likeness (QED) is 0.846. The maximum absolute atomic E-state index is 12.5. The molecule has 1 aromatic heterocycles. The standard InChI is InChI=1S/C17H18N2OS/c1-13(2)19(12-16-4-3-9-21-16)17(20)10-14-5-7-15(11-18)8-6-14/h3-9,13H,10,12H2,1-2H3. The monoisotopic (exact) mass is 298 g/mol. The summed E-state index contributed by atoms with van der Waals surface area (Å²) in [5.74, 6) is 0.114. The van der Waals surface area contributed by atoms with Crippen LogP contribution in [0.4, 0.5) is 0 Å². The number of carbonyl (C=O) groups excluding carboxylic acids is 1. The summed E-state index contributed by atoms with van der Waals surface area (Å²) in [4.78, 5) is 15.6. The van der Waals surface area contributed by atoms with E-state index >= 15 is 0 Å². The zero-order valence-electron chi connectivity index (χ0n) is 12.2. The van der Waals surface area contributed by atoms with Crippen molar-refractivity contribution < 1.29 is 4.79 Å². The summed E-state index contributed by atoms with van der Waals surface area (Å²) in [5.41, 5.74) is 1.56. The summed E-state index contributed by atoms with van der Waals surface area (Å²) in [5, 5.41) is 10.8. The zero-order valence-corrected chi connectivity index (χ0v) is 13.1. The lowest BCUT2D eigenvalue weighted by molar-refractivity contribution is -0.132. The molecule has 0 fully saturated rings. The largest absolute Gasteiger partial charge is 0.335 e. The normalized spacial score (nSPS) is 10.4. The summed E-state index contributed by atoms with van der Waals surface area (Å²) in [6, 6.07) is 13.5. The van der Waals surface area contributed by atoms with Crippen molar-refractivity contribution in [3.63, 3.8) is 0 Å². The van der Waals surface area contributed by atoms with E-state index in [1.165, 1.54) is 4.88 Å². The van der Waals surface area contributed by atoms with Crippen molar-refractivity contribution in [2.75, 3.05) is 0 Å². The number of nitrogens with zero attached hydrogens (tertiary/aromatic N) is 2. The highest BCUT2D eigenvalue weighted by molar-refractivity contribution is 7.09. The lowest BCUT2D eigenvalue weighted by Gasteiger charge is -2.26. The van der Waals surface area contributed by atoms with E-state index in [2.05, 4.69) is 12.1 Å². The van der Waals surface area contributed by atoms with Crippen molar-refractivity contribution >= 4 is 17.2 Å². The SMILES string of the molecule is CC(C)N(Cc1cccs1)C(=O)Cc1ccc(C#N)cc1. The second-order valence-electron chi connectivity index (χ2n) is 5.18. The number of hydrogen-bond donors (Lipinski definition) is 0. The van der Waals surface area contributed by atoms with Gasteiger partial charge in [0.15, 0.2) is 0 Å². The maximum atomic E-state index is 12.5. The van der Waals surface area contributed by atoms with Gasteiger partial charge in [-0.2, -0.15) is 5.26 Å². The highest BCUT2D eigenvalue weighted by atomic mass is 32.1. The topological polar surface area (TPSA) is 44.1 Å². The molecule has 0 radical (unpaired) electrons. The lowest BCUT2D eigenvalue weighted by atomic mass is 10.1. The van der Waals surface area contributed by atoms with Crippen LogP contribution in [0.3, 0.4) is 0 Å². The Kier molecular flexibility index (Phi) is 5.13. The molecule has 3 nitrogen and oxygen atoms in total. The third-order valence-corrected chi connectivity index (χ3v) is 4.15. The number of nitriles is 1. The Balaban J connectivity index is 2.06. The first-order valence-corrected chi connectivity index (χ1v) is 7.79. The fraction of sp³-hybridized carbons (Fsp3) is 0.294. The van der Waals surface area contributed by atoms with Gasteiger partial charge in [0.25, 0.3) is 0 Å². The fourth-order valence-electron chi connectivity index (χ4n) is 2.10. The summed E-state index contributed by atoms with van der Waals surface area (Å²) in [6.45, 7) is 4.72. The van der Waals surface area contributed by atoms with Gasteiger partial charge in [-0.25, -0.2) is 0 Å². The Labute approximate surface area is 129 Å². The Morgan fingerprint density at radius 3 is 2.52 bits per heavy atom. The van der Waals surface area contributed by atoms with Crippen molar-refractivity contribution in [2.24, 2.45) is 0 Å². The molecule has 2 aromatic rings. The molecule has 1 heterocycles. The molecule has 1 aromatic carbocycles. The van der Waals surface area contributed by atoms with Crippen LogP contribution in [0.25, 0.3) is 0 Å². The van der Waals surface area contributed by atoms with Gasteiger partial charge in [-0.3, -0.25) is 4.79 Å². The number of benzene rings is 1. The van der Waals surface area contributed by atoms with Crippen molar-refractivity contribution in [1.29, 1.82) is 5.26 Å². The molecule has 0 aliphatic rings. The highest BCUT2D eigenvalue weighted by Gasteiger charge is 2.18. The smallest absolute Gasteiger partial charge is 0.227 e. The molecule has 0 unspecified atom stereocenters. The third-order valence-electron chi connectivity index (χ3n) is 3.29. The van der Waals surface area contributed by atoms with Gasteiger partial charge in [-0.1, -0.05) is 18.2 Å². The molecule has 0 aliphatic heterocycles. The van der Waals surface area contributed by atoms with E-state index < -0.39 is 0 Å². The summed E-state index contributed by atoms with van der Waals surface area (Å²) >= 11 is 1.67. The Morgan fingerprint density at radius 1 is 1.29 bits per heavy atom. The highest BCUT2D eigenvalue weighted by Crippen LogP contribution is 2.15. The lowest BCUT2D eigenvalue weighted by Crippen LogP contribution is -2.37. The minimum Gasteiger partial charge on any atom is -0.335 e. The minimum absolute atomic E-state index is 0.114. The number of amides is 1. The molecule has 4 heteroatoms. The minimum atomic E-state index is 0.114. The number of carbonyl (C=O) groups is 1. The molecule has 0 saturated carbocycles. The van der Waals surface area contributed by atoms with Crippen molar-refractivity contribution in [3.8, 4) is 6.07 Å². The van der Waals surface area contributed by atoms with Gasteiger partial charge in [-0.05, 0) is 43.0 Å². The Hall–Kier alpha value is -2.12. The third kappa shape index (κ3) is 4.17. The average Bonchev–Trinajstić information content (AvgIpc) is 2.98. The van der Waals surface area contributed by atoms with Gasteiger partial charge in [-0.15, -0.1) is 11.3 Å². The van der Waals surface area contributed by atoms with E-state index in [1.807, 2.05) is 42.3 Å². The van der Waals surface area contributed by atoms with Crippen LogP contribution in [0.5, 0.6) is 0 Å². The average molecular weight is 298 g/mol. The van der Waals surface area contributed by atoms with Crippen LogP contribution < -0.4 is 0 Å². The first-order chi connectivity index (χ1) is 10.1. The van der Waals surface area contributed by atoms with Gasteiger partial charge in [0.1, 0.15) is 0 Å². The van der Waals surface area contributed by atoms with Crippen molar-refractivity contribution in [2.45, 2.75) is 32.9 Å². The van der Waals surface area contributed by atoms with E-state index in [4.69, 9.17) is 5.26 Å². The van der Waals surface area contributed by atoms with Crippen LogP contribution >= 0.6 is 11.3 Å². The molecule has 2 rings (SSSR count). The molecule has 0 aliphatic carbocycles. The van der Waals surface area contributed by atoms with Crippen LogP contribution in [0.15, 0.2) is 41.8 Å². The molecule has 1 amide bonds. The van der Waals surface area contributed by atoms with Gasteiger partial charge in [0.05, 0.1) is 24.6 Å². The predicted octanol–water partition coefficient (Wildman–Crippen LogP) is 3.60. The van der Waals surface area contributed by atoms with Gasteiger partial charge in [0.2, 0.25) is 5.91 Å². The number of rotatable bonds is 5. The van der Waals surface area contributed by atoms with Crippen molar-refractivity contribution in [3.05, 3.63) is 57.8 Å². The van der Waals surface area contributed by atoms with Crippen LogP contribution in [-0.2, 0) is 17.8 Å². The fourth-order valence-corrected chi connectivity index (χ4v) is 2.81. The Bertz CT molecular complexity index is 624. The van der Waals surface area contributed by atoms with Gasteiger partial charge in [0, 0.05) is 10.9 Å². The second-order valence-corrected chi connectivity index (χ2v) is 6.21. The first-order valence-electron chi connectivity index (χ1n) is 6.91. The predicted molar refractivity (Wildman–Crippen MR) is 84.9 cm³/mol. The maximum Gasteiger partial charge on any atom is 0.227 e. The molecule has 21 heavy (non-hydrogen) atoms. The van der Waals surface area contributed by atoms with Crippen LogP contribution in [0.1, 0.15) is 29.9 Å².